The molecule has 0 atom stereocenters. The summed E-state index contributed by atoms with van der Waals surface area (Å²) in [6.45, 7) is 6.05. The maximum Gasteiger partial charge on any atom is 0.322 e. The van der Waals surface area contributed by atoms with Crippen LogP contribution in [-0.4, -0.2) is 95.3 Å². The summed E-state index contributed by atoms with van der Waals surface area (Å²) in [7, 11) is 0. The summed E-state index contributed by atoms with van der Waals surface area (Å²) in [5.41, 5.74) is 2.07. The maximum atomic E-state index is 12.9. The number of anilines is 1. The summed E-state index contributed by atoms with van der Waals surface area (Å²) in [5.74, 6) is 0.189. The van der Waals surface area contributed by atoms with Crippen LogP contribution in [0.1, 0.15) is 63.4 Å². The molecule has 0 aliphatic carbocycles. The van der Waals surface area contributed by atoms with Crippen LogP contribution in [0.5, 0.6) is 0 Å². The number of amides is 4. The summed E-state index contributed by atoms with van der Waals surface area (Å²) in [5, 5.41) is 3.05. The summed E-state index contributed by atoms with van der Waals surface area (Å²) < 4.78 is 0. The Bertz CT molecular complexity index is 931. The van der Waals surface area contributed by atoms with Gasteiger partial charge >= 0.3 is 6.03 Å². The number of likely N-dealkylation sites (tertiary alicyclic amines) is 3. The predicted molar refractivity (Wildman–Crippen MR) is 140 cm³/mol. The minimum absolute atomic E-state index is 0.0422. The third-order valence-electron chi connectivity index (χ3n) is 8.68. The van der Waals surface area contributed by atoms with Crippen LogP contribution in [0.4, 0.5) is 10.5 Å². The fourth-order valence-corrected chi connectivity index (χ4v) is 6.46. The topological polar surface area (TPSA) is 76.2 Å². The Labute approximate surface area is 215 Å². The predicted octanol–water partition coefficient (Wildman–Crippen LogP) is 3.32. The minimum Gasteiger partial charge on any atom is -0.343 e. The Balaban J connectivity index is 1.02. The van der Waals surface area contributed by atoms with Gasteiger partial charge in [0.25, 0.3) is 0 Å². The molecular weight excluding hydrogens is 454 g/mol. The van der Waals surface area contributed by atoms with Gasteiger partial charge in [-0.05, 0) is 69.7 Å². The van der Waals surface area contributed by atoms with Crippen LogP contribution in [0.25, 0.3) is 0 Å². The van der Waals surface area contributed by atoms with E-state index >= 15 is 0 Å². The molecule has 0 radical (unpaired) electrons. The number of nitrogens with zero attached hydrogens (tertiary/aromatic N) is 4. The lowest BCUT2D eigenvalue weighted by Crippen LogP contribution is -2.50. The van der Waals surface area contributed by atoms with E-state index in [0.717, 1.165) is 50.9 Å². The van der Waals surface area contributed by atoms with E-state index in [1.165, 1.54) is 37.9 Å². The van der Waals surface area contributed by atoms with Crippen LogP contribution >= 0.6 is 0 Å². The maximum absolute atomic E-state index is 12.9. The fourth-order valence-electron chi connectivity index (χ4n) is 6.46. The minimum atomic E-state index is -0.0422. The number of benzene rings is 1. The SMILES string of the molecule is O=C(CCC(=O)N1CCC(N2CCc3ccccc3NC2=O)CC1)N1CCC(N2CCCCC2)CC1. The van der Waals surface area contributed by atoms with Crippen molar-refractivity contribution in [2.24, 2.45) is 0 Å². The quantitative estimate of drug-likeness (QED) is 0.680. The molecule has 0 unspecified atom stereocenters. The van der Waals surface area contributed by atoms with E-state index in [0.29, 0.717) is 32.1 Å². The van der Waals surface area contributed by atoms with Gasteiger partial charge in [-0.25, -0.2) is 4.79 Å². The first kappa shape index (κ1) is 25.1. The molecule has 0 aromatic heterocycles. The molecule has 3 saturated heterocycles. The Kier molecular flexibility index (Phi) is 8.09. The van der Waals surface area contributed by atoms with Crippen molar-refractivity contribution in [3.63, 3.8) is 0 Å². The monoisotopic (exact) mass is 495 g/mol. The van der Waals surface area contributed by atoms with Gasteiger partial charge < -0.3 is 24.9 Å². The molecule has 1 N–H and O–H groups in total. The van der Waals surface area contributed by atoms with Crippen molar-refractivity contribution in [1.29, 1.82) is 0 Å². The van der Waals surface area contributed by atoms with E-state index in [2.05, 4.69) is 16.3 Å². The van der Waals surface area contributed by atoms with Crippen molar-refractivity contribution in [2.75, 3.05) is 51.1 Å². The summed E-state index contributed by atoms with van der Waals surface area (Å²) in [6, 6.07) is 8.70. The lowest BCUT2D eigenvalue weighted by atomic mass is 9.99. The normalized spacial score (nSPS) is 22.7. The van der Waals surface area contributed by atoms with E-state index < -0.39 is 0 Å². The zero-order chi connectivity index (χ0) is 24.9. The van der Waals surface area contributed by atoms with Crippen molar-refractivity contribution in [2.45, 2.75) is 76.3 Å². The number of carbonyl (C=O) groups is 3. The van der Waals surface area contributed by atoms with Crippen LogP contribution in [-0.2, 0) is 16.0 Å². The van der Waals surface area contributed by atoms with Gasteiger partial charge in [0.05, 0.1) is 0 Å². The second-order valence-electron chi connectivity index (χ2n) is 10.9. The van der Waals surface area contributed by atoms with E-state index in [-0.39, 0.29) is 30.3 Å². The molecule has 0 saturated carbocycles. The van der Waals surface area contributed by atoms with Gasteiger partial charge in [0, 0.05) is 63.3 Å². The number of piperidine rings is 3. The van der Waals surface area contributed by atoms with E-state index in [4.69, 9.17) is 0 Å². The highest BCUT2D eigenvalue weighted by atomic mass is 16.2. The van der Waals surface area contributed by atoms with Crippen molar-refractivity contribution in [3.8, 4) is 0 Å². The number of fused-ring (bicyclic) bond motifs is 1. The zero-order valence-corrected chi connectivity index (χ0v) is 21.5. The number of urea groups is 1. The molecule has 4 aliphatic rings. The van der Waals surface area contributed by atoms with Gasteiger partial charge in [-0.1, -0.05) is 24.6 Å². The van der Waals surface area contributed by atoms with Gasteiger partial charge in [-0.2, -0.15) is 0 Å². The van der Waals surface area contributed by atoms with Crippen LogP contribution in [0.15, 0.2) is 24.3 Å². The van der Waals surface area contributed by atoms with Crippen molar-refractivity contribution < 1.29 is 14.4 Å². The number of carbonyl (C=O) groups excluding carboxylic acids is 3. The largest absolute Gasteiger partial charge is 0.343 e. The van der Waals surface area contributed by atoms with Crippen LogP contribution in [0.2, 0.25) is 0 Å². The number of rotatable bonds is 5. The van der Waals surface area contributed by atoms with Crippen LogP contribution in [0.3, 0.4) is 0 Å². The van der Waals surface area contributed by atoms with Crippen molar-refractivity contribution >= 4 is 23.5 Å². The summed E-state index contributed by atoms with van der Waals surface area (Å²) >= 11 is 0. The molecule has 8 nitrogen and oxygen atoms in total. The lowest BCUT2D eigenvalue weighted by Gasteiger charge is -2.40. The molecule has 0 spiro atoms. The lowest BCUT2D eigenvalue weighted by molar-refractivity contribution is -0.138. The van der Waals surface area contributed by atoms with Gasteiger partial charge in [-0.3, -0.25) is 9.59 Å². The Morgan fingerprint density at radius 3 is 1.97 bits per heavy atom. The van der Waals surface area contributed by atoms with Gasteiger partial charge in [-0.15, -0.1) is 0 Å². The molecule has 36 heavy (non-hydrogen) atoms. The molecule has 196 valence electrons. The highest BCUT2D eigenvalue weighted by Gasteiger charge is 2.32. The molecular formula is C28H41N5O3. The number of hydrogen-bond acceptors (Lipinski definition) is 4. The fraction of sp³-hybridized carbons (Fsp3) is 0.679. The zero-order valence-electron chi connectivity index (χ0n) is 21.5. The Morgan fingerprint density at radius 1 is 0.750 bits per heavy atom. The average Bonchev–Trinajstić information content (AvgIpc) is 3.10. The highest BCUT2D eigenvalue weighted by Crippen LogP contribution is 2.25. The first-order chi connectivity index (χ1) is 17.6. The van der Waals surface area contributed by atoms with Gasteiger partial charge in [0.1, 0.15) is 0 Å². The van der Waals surface area contributed by atoms with Gasteiger partial charge in [0.15, 0.2) is 0 Å². The van der Waals surface area contributed by atoms with Crippen LogP contribution < -0.4 is 5.32 Å². The molecule has 1 aromatic rings. The van der Waals surface area contributed by atoms with Crippen LogP contribution in [0, 0.1) is 0 Å². The third kappa shape index (κ3) is 5.85. The van der Waals surface area contributed by atoms with E-state index in [1.807, 2.05) is 32.9 Å². The van der Waals surface area contributed by atoms with E-state index in [9.17, 15) is 14.4 Å². The Morgan fingerprint density at radius 2 is 1.33 bits per heavy atom. The molecule has 4 heterocycles. The molecule has 3 fully saturated rings. The first-order valence-electron chi connectivity index (χ1n) is 14.0. The summed E-state index contributed by atoms with van der Waals surface area (Å²) in [4.78, 5) is 46.9. The average molecular weight is 496 g/mol. The van der Waals surface area contributed by atoms with E-state index in [1.54, 1.807) is 0 Å². The molecule has 1 aromatic carbocycles. The standard InChI is InChI=1S/C28H41N5O3/c34-26(31-17-11-23(12-18-31)30-15-4-1-5-16-30)8-9-27(35)32-19-13-24(14-20-32)33-21-10-22-6-2-3-7-25(22)29-28(33)36/h2-3,6-7,23-24H,1,4-5,8-21H2,(H,29,36). The van der Waals surface area contributed by atoms with Crippen molar-refractivity contribution in [3.05, 3.63) is 29.8 Å². The third-order valence-corrected chi connectivity index (χ3v) is 8.68. The number of hydrogen-bond donors (Lipinski definition) is 1. The summed E-state index contributed by atoms with van der Waals surface area (Å²) in [6.07, 6.45) is 9.07. The highest BCUT2D eigenvalue weighted by molar-refractivity contribution is 5.91. The second kappa shape index (κ2) is 11.6. The molecule has 8 heteroatoms. The molecule has 0 bridgehead atoms. The molecule has 5 rings (SSSR count). The molecule has 4 aliphatic heterocycles. The number of para-hydroxylation sites is 1. The number of nitrogens with one attached hydrogen (secondary N) is 1. The van der Waals surface area contributed by atoms with Crippen molar-refractivity contribution in [1.82, 2.24) is 19.6 Å². The molecule has 4 amide bonds. The second-order valence-corrected chi connectivity index (χ2v) is 10.9. The Hall–Kier alpha value is -2.61. The van der Waals surface area contributed by atoms with Gasteiger partial charge in [0.2, 0.25) is 11.8 Å². The first-order valence-corrected chi connectivity index (χ1v) is 14.0. The smallest absolute Gasteiger partial charge is 0.322 e.